The third kappa shape index (κ3) is 3.00. The Balaban J connectivity index is 2.19. The molecule has 0 heterocycles. The molecular formula is C27H32. The van der Waals surface area contributed by atoms with E-state index in [1.807, 2.05) is 0 Å². The van der Waals surface area contributed by atoms with Gasteiger partial charge in [-0.25, -0.2) is 0 Å². The van der Waals surface area contributed by atoms with Crippen LogP contribution < -0.4 is 0 Å². The van der Waals surface area contributed by atoms with E-state index in [-0.39, 0.29) is 10.8 Å². The molecule has 140 valence electrons. The van der Waals surface area contributed by atoms with E-state index in [2.05, 4.69) is 90.9 Å². The monoisotopic (exact) mass is 356 g/mol. The zero-order valence-electron chi connectivity index (χ0n) is 18.0. The highest BCUT2D eigenvalue weighted by molar-refractivity contribution is 6.24. The van der Waals surface area contributed by atoms with E-state index < -0.39 is 0 Å². The molecule has 0 aliphatic rings. The van der Waals surface area contributed by atoms with Crippen LogP contribution in [-0.4, -0.2) is 0 Å². The molecule has 0 unspecified atom stereocenters. The summed E-state index contributed by atoms with van der Waals surface area (Å²) in [6.45, 7) is 16.2. The highest BCUT2D eigenvalue weighted by atomic mass is 14.2. The molecule has 0 atom stereocenters. The van der Waals surface area contributed by atoms with Gasteiger partial charge >= 0.3 is 0 Å². The Kier molecular flexibility index (Phi) is 4.04. The van der Waals surface area contributed by atoms with E-state index in [9.17, 15) is 0 Å². The molecule has 4 aromatic rings. The third-order valence-corrected chi connectivity index (χ3v) is 5.99. The van der Waals surface area contributed by atoms with Crippen LogP contribution in [0.4, 0.5) is 0 Å². The first-order valence-electron chi connectivity index (χ1n) is 10.4. The molecule has 4 rings (SSSR count). The Morgan fingerprint density at radius 1 is 0.630 bits per heavy atom. The predicted molar refractivity (Wildman–Crippen MR) is 122 cm³/mol. The lowest BCUT2D eigenvalue weighted by Gasteiger charge is -2.24. The molecule has 0 aromatic heterocycles. The molecule has 0 saturated carbocycles. The molecular weight excluding hydrogens is 324 g/mol. The van der Waals surface area contributed by atoms with Crippen LogP contribution in [0.3, 0.4) is 0 Å². The van der Waals surface area contributed by atoms with Crippen molar-refractivity contribution in [3.8, 4) is 0 Å². The number of rotatable bonds is 2. The van der Waals surface area contributed by atoms with Gasteiger partial charge in [0.15, 0.2) is 0 Å². The molecule has 0 radical (unpaired) electrons. The molecule has 0 spiro atoms. The summed E-state index contributed by atoms with van der Waals surface area (Å²) in [6, 6.07) is 16.8. The van der Waals surface area contributed by atoms with E-state index in [0.717, 1.165) is 6.42 Å². The minimum atomic E-state index is 0.160. The Morgan fingerprint density at radius 3 is 1.70 bits per heavy atom. The van der Waals surface area contributed by atoms with Gasteiger partial charge in [0.2, 0.25) is 0 Å². The predicted octanol–water partition coefficient (Wildman–Crippen LogP) is 8.13. The Labute approximate surface area is 163 Å². The quantitative estimate of drug-likeness (QED) is 0.318. The van der Waals surface area contributed by atoms with Gasteiger partial charge in [-0.3, -0.25) is 0 Å². The molecule has 0 heteroatoms. The van der Waals surface area contributed by atoms with E-state index in [0.29, 0.717) is 0 Å². The van der Waals surface area contributed by atoms with E-state index in [4.69, 9.17) is 0 Å². The lowest BCUT2D eigenvalue weighted by atomic mass is 9.80. The van der Waals surface area contributed by atoms with Crippen molar-refractivity contribution in [2.45, 2.75) is 72.1 Å². The summed E-state index contributed by atoms with van der Waals surface area (Å²) in [5.41, 5.74) is 4.68. The van der Waals surface area contributed by atoms with Gasteiger partial charge in [0.05, 0.1) is 0 Å². The van der Waals surface area contributed by atoms with Crippen molar-refractivity contribution in [2.75, 3.05) is 0 Å². The van der Waals surface area contributed by atoms with Gasteiger partial charge in [0.25, 0.3) is 0 Å². The largest absolute Gasteiger partial charge is 0.0651 e. The highest BCUT2D eigenvalue weighted by Gasteiger charge is 2.21. The van der Waals surface area contributed by atoms with Crippen molar-refractivity contribution in [3.63, 3.8) is 0 Å². The smallest absolute Gasteiger partial charge is 0.00238 e. The van der Waals surface area contributed by atoms with Crippen LogP contribution in [0.1, 0.15) is 71.6 Å². The normalized spacial score (nSPS) is 13.3. The molecule has 0 aliphatic heterocycles. The fraction of sp³-hybridized carbons (Fsp3) is 0.407. The lowest BCUT2D eigenvalue weighted by molar-refractivity contribution is 0.591. The fourth-order valence-corrected chi connectivity index (χ4v) is 4.34. The molecule has 0 bridgehead atoms. The molecule has 0 nitrogen and oxygen atoms in total. The van der Waals surface area contributed by atoms with Gasteiger partial charge < -0.3 is 0 Å². The van der Waals surface area contributed by atoms with Gasteiger partial charge in [-0.05, 0) is 66.3 Å². The summed E-state index contributed by atoms with van der Waals surface area (Å²) in [6.07, 6.45) is 2.32. The van der Waals surface area contributed by atoms with Crippen molar-refractivity contribution < 1.29 is 0 Å². The molecule has 0 saturated heterocycles. The zero-order valence-corrected chi connectivity index (χ0v) is 18.0. The zero-order chi connectivity index (χ0) is 19.6. The maximum Gasteiger partial charge on any atom is -0.00238 e. The Hall–Kier alpha value is -2.08. The van der Waals surface area contributed by atoms with Gasteiger partial charge in [0.1, 0.15) is 0 Å². The molecule has 0 aliphatic carbocycles. The lowest BCUT2D eigenvalue weighted by Crippen LogP contribution is -2.12. The average molecular weight is 357 g/mol. The SMILES string of the molecule is CCCc1cc2cc(C(C)(C)C)cc3ccc4cc(C(C)(C)C)cc1c4c32. The summed E-state index contributed by atoms with van der Waals surface area (Å²) >= 11 is 0. The first-order valence-corrected chi connectivity index (χ1v) is 10.4. The number of hydrogen-bond acceptors (Lipinski definition) is 0. The van der Waals surface area contributed by atoms with Crippen LogP contribution in [-0.2, 0) is 17.3 Å². The van der Waals surface area contributed by atoms with Crippen molar-refractivity contribution in [3.05, 3.63) is 59.2 Å². The maximum absolute atomic E-state index is 2.47. The minimum Gasteiger partial charge on any atom is -0.0651 e. The molecule has 27 heavy (non-hydrogen) atoms. The van der Waals surface area contributed by atoms with Crippen LogP contribution >= 0.6 is 0 Å². The summed E-state index contributed by atoms with van der Waals surface area (Å²) in [5.74, 6) is 0. The second kappa shape index (κ2) is 5.96. The van der Waals surface area contributed by atoms with Crippen LogP contribution in [0, 0.1) is 0 Å². The summed E-state index contributed by atoms with van der Waals surface area (Å²) in [5, 5.41) is 8.53. The number of aryl methyl sites for hydroxylation is 1. The van der Waals surface area contributed by atoms with Gasteiger partial charge in [-0.2, -0.15) is 0 Å². The molecule has 4 aromatic carbocycles. The summed E-state index contributed by atoms with van der Waals surface area (Å²) < 4.78 is 0. The van der Waals surface area contributed by atoms with E-state index in [1.165, 1.54) is 55.4 Å². The van der Waals surface area contributed by atoms with Gasteiger partial charge in [-0.1, -0.05) is 97.4 Å². The van der Waals surface area contributed by atoms with E-state index in [1.54, 1.807) is 0 Å². The van der Waals surface area contributed by atoms with Crippen molar-refractivity contribution in [1.29, 1.82) is 0 Å². The van der Waals surface area contributed by atoms with Crippen molar-refractivity contribution in [2.24, 2.45) is 0 Å². The van der Waals surface area contributed by atoms with Gasteiger partial charge in [0, 0.05) is 0 Å². The number of hydrogen-bond donors (Lipinski definition) is 0. The third-order valence-electron chi connectivity index (χ3n) is 5.99. The van der Waals surface area contributed by atoms with Crippen LogP contribution in [0.15, 0.2) is 42.5 Å². The molecule has 0 fully saturated rings. The first-order chi connectivity index (χ1) is 12.6. The van der Waals surface area contributed by atoms with Crippen LogP contribution in [0.5, 0.6) is 0 Å². The maximum atomic E-state index is 2.47. The van der Waals surface area contributed by atoms with Crippen molar-refractivity contribution >= 4 is 32.3 Å². The summed E-state index contributed by atoms with van der Waals surface area (Å²) in [7, 11) is 0. The molecule has 0 amide bonds. The Bertz CT molecular complexity index is 1130. The number of benzene rings is 4. The Morgan fingerprint density at radius 2 is 1.15 bits per heavy atom. The topological polar surface area (TPSA) is 0 Å². The van der Waals surface area contributed by atoms with Crippen LogP contribution in [0.25, 0.3) is 32.3 Å². The second-order valence-electron chi connectivity index (χ2n) is 10.3. The standard InChI is InChI=1S/C27H32/c1-8-9-17-12-20-15-21(26(2,3)4)13-18-10-11-19-14-22(27(5,6)7)16-23(17)25(19)24(18)20/h10-16H,8-9H2,1-7H3. The second-order valence-corrected chi connectivity index (χ2v) is 10.3. The van der Waals surface area contributed by atoms with Crippen LogP contribution in [0.2, 0.25) is 0 Å². The summed E-state index contributed by atoms with van der Waals surface area (Å²) in [4.78, 5) is 0. The van der Waals surface area contributed by atoms with E-state index >= 15 is 0 Å². The minimum absolute atomic E-state index is 0.160. The molecule has 0 N–H and O–H groups in total. The first kappa shape index (κ1) is 18.3. The highest BCUT2D eigenvalue weighted by Crippen LogP contribution is 2.41. The fourth-order valence-electron chi connectivity index (χ4n) is 4.34. The van der Waals surface area contributed by atoms with Crippen molar-refractivity contribution in [1.82, 2.24) is 0 Å². The average Bonchev–Trinajstić information content (AvgIpc) is 2.58. The van der Waals surface area contributed by atoms with Gasteiger partial charge in [-0.15, -0.1) is 0 Å².